The molecule has 0 radical (unpaired) electrons. The molecule has 0 saturated carbocycles. The summed E-state index contributed by atoms with van der Waals surface area (Å²) in [7, 11) is 0. The molecule has 18 heavy (non-hydrogen) atoms. The summed E-state index contributed by atoms with van der Waals surface area (Å²) in [4.78, 5) is 2.59. The second-order valence-electron chi connectivity index (χ2n) is 6.25. The van der Waals surface area contributed by atoms with Gasteiger partial charge in [-0.05, 0) is 57.3 Å². The Hall–Kier alpha value is -0.590. The van der Waals surface area contributed by atoms with E-state index in [0.717, 1.165) is 19.5 Å². The summed E-state index contributed by atoms with van der Waals surface area (Å²) < 4.78 is 0. The molecule has 3 heteroatoms. The van der Waals surface area contributed by atoms with Gasteiger partial charge in [-0.15, -0.1) is 0 Å². The Balaban J connectivity index is 1.99. The SMILES string of the molecule is CC(C)(CCC#N)CNCCCN1CCCCC1. The molecule has 0 atom stereocenters. The lowest BCUT2D eigenvalue weighted by Gasteiger charge is -2.27. The van der Waals surface area contributed by atoms with Crippen molar-refractivity contribution in [3.63, 3.8) is 0 Å². The fourth-order valence-corrected chi connectivity index (χ4v) is 2.52. The van der Waals surface area contributed by atoms with E-state index >= 15 is 0 Å². The quantitative estimate of drug-likeness (QED) is 0.674. The van der Waals surface area contributed by atoms with E-state index in [-0.39, 0.29) is 5.41 Å². The minimum Gasteiger partial charge on any atom is -0.316 e. The van der Waals surface area contributed by atoms with Crippen LogP contribution in [0.4, 0.5) is 0 Å². The van der Waals surface area contributed by atoms with E-state index in [1.807, 2.05) is 0 Å². The molecule has 0 aromatic heterocycles. The van der Waals surface area contributed by atoms with E-state index in [0.29, 0.717) is 6.42 Å². The molecular weight excluding hydrogens is 222 g/mol. The molecule has 1 aliphatic heterocycles. The molecule has 1 N–H and O–H groups in total. The van der Waals surface area contributed by atoms with Gasteiger partial charge in [0.05, 0.1) is 6.07 Å². The van der Waals surface area contributed by atoms with Crippen LogP contribution in [-0.4, -0.2) is 37.6 Å². The highest BCUT2D eigenvalue weighted by Crippen LogP contribution is 2.20. The minimum absolute atomic E-state index is 0.251. The summed E-state index contributed by atoms with van der Waals surface area (Å²) in [6, 6.07) is 2.23. The molecule has 0 aliphatic carbocycles. The largest absolute Gasteiger partial charge is 0.316 e. The normalized spacial score (nSPS) is 17.6. The van der Waals surface area contributed by atoms with Crippen molar-refractivity contribution in [1.29, 1.82) is 5.26 Å². The van der Waals surface area contributed by atoms with Crippen LogP contribution in [0, 0.1) is 16.7 Å². The van der Waals surface area contributed by atoms with Crippen LogP contribution in [0.3, 0.4) is 0 Å². The van der Waals surface area contributed by atoms with Gasteiger partial charge in [-0.1, -0.05) is 20.3 Å². The summed E-state index contributed by atoms with van der Waals surface area (Å²) in [6.45, 7) is 10.4. The number of hydrogen-bond acceptors (Lipinski definition) is 3. The number of nitrogens with zero attached hydrogens (tertiary/aromatic N) is 2. The molecule has 1 saturated heterocycles. The molecule has 1 fully saturated rings. The number of nitrogens with one attached hydrogen (secondary N) is 1. The van der Waals surface area contributed by atoms with Gasteiger partial charge in [-0.2, -0.15) is 5.26 Å². The van der Waals surface area contributed by atoms with Gasteiger partial charge in [-0.3, -0.25) is 0 Å². The fraction of sp³-hybridized carbons (Fsp3) is 0.933. The molecule has 1 aliphatic rings. The summed E-state index contributed by atoms with van der Waals surface area (Å²) in [5.74, 6) is 0. The summed E-state index contributed by atoms with van der Waals surface area (Å²) >= 11 is 0. The highest BCUT2D eigenvalue weighted by atomic mass is 15.1. The smallest absolute Gasteiger partial charge is 0.0621 e. The number of nitriles is 1. The molecule has 0 spiro atoms. The molecule has 0 bridgehead atoms. The summed E-state index contributed by atoms with van der Waals surface area (Å²) in [5, 5.41) is 12.1. The Morgan fingerprint density at radius 2 is 1.94 bits per heavy atom. The number of hydrogen-bond donors (Lipinski definition) is 1. The molecule has 1 rings (SSSR count). The van der Waals surface area contributed by atoms with E-state index in [2.05, 4.69) is 30.1 Å². The van der Waals surface area contributed by atoms with Gasteiger partial charge >= 0.3 is 0 Å². The Morgan fingerprint density at radius 3 is 2.61 bits per heavy atom. The molecule has 104 valence electrons. The molecular formula is C15H29N3. The maximum absolute atomic E-state index is 8.61. The zero-order valence-electron chi connectivity index (χ0n) is 12.2. The lowest BCUT2D eigenvalue weighted by Crippen LogP contribution is -2.34. The first kappa shape index (κ1) is 15.5. The molecule has 0 aromatic rings. The summed E-state index contributed by atoms with van der Waals surface area (Å²) in [6.07, 6.45) is 7.09. The first-order valence-electron chi connectivity index (χ1n) is 7.44. The van der Waals surface area contributed by atoms with E-state index in [9.17, 15) is 0 Å². The highest BCUT2D eigenvalue weighted by molar-refractivity contribution is 4.78. The zero-order chi connectivity index (χ0) is 13.3. The van der Waals surface area contributed by atoms with Crippen molar-refractivity contribution in [2.45, 2.75) is 52.4 Å². The van der Waals surface area contributed by atoms with Crippen LogP contribution >= 0.6 is 0 Å². The number of rotatable bonds is 8. The van der Waals surface area contributed by atoms with Gasteiger partial charge in [0.15, 0.2) is 0 Å². The van der Waals surface area contributed by atoms with E-state index in [1.165, 1.54) is 45.3 Å². The van der Waals surface area contributed by atoms with Crippen LogP contribution in [0.1, 0.15) is 52.4 Å². The van der Waals surface area contributed by atoms with E-state index in [4.69, 9.17) is 5.26 Å². The average molecular weight is 251 g/mol. The Morgan fingerprint density at radius 1 is 1.22 bits per heavy atom. The number of piperidine rings is 1. The van der Waals surface area contributed by atoms with Crippen molar-refractivity contribution in [2.24, 2.45) is 5.41 Å². The van der Waals surface area contributed by atoms with Crippen LogP contribution in [0.5, 0.6) is 0 Å². The second-order valence-corrected chi connectivity index (χ2v) is 6.25. The van der Waals surface area contributed by atoms with Gasteiger partial charge in [0, 0.05) is 13.0 Å². The summed E-state index contributed by atoms with van der Waals surface area (Å²) in [5.41, 5.74) is 0.251. The second kappa shape index (κ2) is 8.50. The first-order chi connectivity index (χ1) is 8.64. The third kappa shape index (κ3) is 6.98. The number of likely N-dealkylation sites (tertiary alicyclic amines) is 1. The van der Waals surface area contributed by atoms with Crippen LogP contribution in [-0.2, 0) is 0 Å². The fourth-order valence-electron chi connectivity index (χ4n) is 2.52. The molecule has 1 heterocycles. The Kier molecular flexibility index (Phi) is 7.31. The van der Waals surface area contributed by atoms with Crippen molar-refractivity contribution in [3.8, 4) is 6.07 Å². The molecule has 0 amide bonds. The maximum Gasteiger partial charge on any atom is 0.0621 e. The lowest BCUT2D eigenvalue weighted by atomic mass is 9.88. The van der Waals surface area contributed by atoms with E-state index in [1.54, 1.807) is 0 Å². The lowest BCUT2D eigenvalue weighted by molar-refractivity contribution is 0.223. The highest BCUT2D eigenvalue weighted by Gasteiger charge is 2.16. The van der Waals surface area contributed by atoms with Crippen LogP contribution in [0.2, 0.25) is 0 Å². The Bertz CT molecular complexity index is 249. The van der Waals surface area contributed by atoms with E-state index < -0.39 is 0 Å². The van der Waals surface area contributed by atoms with Crippen LogP contribution in [0.15, 0.2) is 0 Å². The van der Waals surface area contributed by atoms with Crippen molar-refractivity contribution < 1.29 is 0 Å². The first-order valence-corrected chi connectivity index (χ1v) is 7.44. The topological polar surface area (TPSA) is 39.1 Å². The monoisotopic (exact) mass is 251 g/mol. The predicted octanol–water partition coefficient (Wildman–Crippen LogP) is 2.78. The van der Waals surface area contributed by atoms with Crippen molar-refractivity contribution >= 4 is 0 Å². The average Bonchev–Trinajstić information content (AvgIpc) is 2.37. The predicted molar refractivity (Wildman–Crippen MR) is 76.4 cm³/mol. The van der Waals surface area contributed by atoms with Gasteiger partial charge in [0.2, 0.25) is 0 Å². The van der Waals surface area contributed by atoms with Crippen molar-refractivity contribution in [3.05, 3.63) is 0 Å². The maximum atomic E-state index is 8.61. The van der Waals surface area contributed by atoms with Gasteiger partial charge in [-0.25, -0.2) is 0 Å². The third-order valence-corrected chi connectivity index (χ3v) is 3.79. The Labute approximate surface area is 113 Å². The van der Waals surface area contributed by atoms with Gasteiger partial charge in [0.25, 0.3) is 0 Å². The molecule has 3 nitrogen and oxygen atoms in total. The van der Waals surface area contributed by atoms with Gasteiger partial charge < -0.3 is 10.2 Å². The van der Waals surface area contributed by atoms with Crippen molar-refractivity contribution in [1.82, 2.24) is 10.2 Å². The van der Waals surface area contributed by atoms with Crippen LogP contribution < -0.4 is 5.32 Å². The van der Waals surface area contributed by atoms with Gasteiger partial charge in [0.1, 0.15) is 0 Å². The minimum atomic E-state index is 0.251. The standard InChI is InChI=1S/C15H29N3/c1-15(2,8-6-9-16)14-17-10-7-13-18-11-4-3-5-12-18/h17H,3-8,10-14H2,1-2H3. The van der Waals surface area contributed by atoms with Crippen LogP contribution in [0.25, 0.3) is 0 Å². The molecule has 0 aromatic carbocycles. The third-order valence-electron chi connectivity index (χ3n) is 3.79. The zero-order valence-corrected chi connectivity index (χ0v) is 12.2. The molecule has 0 unspecified atom stereocenters. The van der Waals surface area contributed by atoms with Crippen molar-refractivity contribution in [2.75, 3.05) is 32.7 Å².